The molecule has 0 aliphatic carbocycles. The van der Waals surface area contributed by atoms with Crippen LogP contribution in [0.3, 0.4) is 0 Å². The highest BCUT2D eigenvalue weighted by Crippen LogP contribution is 2.15. The van der Waals surface area contributed by atoms with Crippen molar-refractivity contribution in [1.82, 2.24) is 5.32 Å². The van der Waals surface area contributed by atoms with E-state index in [2.05, 4.69) is 5.32 Å². The summed E-state index contributed by atoms with van der Waals surface area (Å²) in [7, 11) is 0. The van der Waals surface area contributed by atoms with E-state index in [1.165, 1.54) is 6.07 Å². The molecule has 0 spiro atoms. The van der Waals surface area contributed by atoms with Gasteiger partial charge in [-0.05, 0) is 43.6 Å². The van der Waals surface area contributed by atoms with E-state index in [1.807, 2.05) is 6.07 Å². The third-order valence-electron chi connectivity index (χ3n) is 2.12. The standard InChI is InChI=1S/C11H16ClFN2/c12-10-4-3-9(7-11(10)13)8-15-6-2-1-5-14/h3-4,7,15H,1-2,5-6,8,14H2. The predicted molar refractivity (Wildman–Crippen MR) is 61.4 cm³/mol. The maximum Gasteiger partial charge on any atom is 0.142 e. The summed E-state index contributed by atoms with van der Waals surface area (Å²) < 4.78 is 13.0. The molecule has 2 nitrogen and oxygen atoms in total. The van der Waals surface area contributed by atoms with Gasteiger partial charge < -0.3 is 11.1 Å². The van der Waals surface area contributed by atoms with Crippen molar-refractivity contribution in [2.75, 3.05) is 13.1 Å². The van der Waals surface area contributed by atoms with Crippen LogP contribution in [0.5, 0.6) is 0 Å². The van der Waals surface area contributed by atoms with Crippen LogP contribution >= 0.6 is 11.6 Å². The van der Waals surface area contributed by atoms with Gasteiger partial charge in [0.25, 0.3) is 0 Å². The van der Waals surface area contributed by atoms with Crippen molar-refractivity contribution in [2.45, 2.75) is 19.4 Å². The molecule has 0 aliphatic rings. The van der Waals surface area contributed by atoms with E-state index >= 15 is 0 Å². The van der Waals surface area contributed by atoms with E-state index in [0.717, 1.165) is 31.5 Å². The van der Waals surface area contributed by atoms with Gasteiger partial charge in [-0.15, -0.1) is 0 Å². The molecule has 4 heteroatoms. The molecule has 1 rings (SSSR count). The van der Waals surface area contributed by atoms with Crippen molar-refractivity contribution in [3.05, 3.63) is 34.6 Å². The molecule has 0 saturated heterocycles. The Balaban J connectivity index is 2.28. The number of benzene rings is 1. The molecule has 0 aromatic heterocycles. The first-order valence-corrected chi connectivity index (χ1v) is 5.46. The van der Waals surface area contributed by atoms with E-state index in [1.54, 1.807) is 6.07 Å². The molecule has 84 valence electrons. The number of hydrogen-bond donors (Lipinski definition) is 2. The van der Waals surface area contributed by atoms with Gasteiger partial charge in [0.2, 0.25) is 0 Å². The van der Waals surface area contributed by atoms with Crippen LogP contribution < -0.4 is 11.1 Å². The summed E-state index contributed by atoms with van der Waals surface area (Å²) in [6, 6.07) is 4.85. The minimum atomic E-state index is -0.363. The monoisotopic (exact) mass is 230 g/mol. The van der Waals surface area contributed by atoms with E-state index in [4.69, 9.17) is 17.3 Å². The average Bonchev–Trinajstić information content (AvgIpc) is 2.23. The lowest BCUT2D eigenvalue weighted by atomic mass is 10.2. The summed E-state index contributed by atoms with van der Waals surface area (Å²) in [5.74, 6) is -0.363. The molecule has 0 amide bonds. The molecule has 0 radical (unpaired) electrons. The van der Waals surface area contributed by atoms with Crippen molar-refractivity contribution >= 4 is 11.6 Å². The molecule has 1 aromatic carbocycles. The van der Waals surface area contributed by atoms with Gasteiger partial charge in [-0.1, -0.05) is 17.7 Å². The fraction of sp³-hybridized carbons (Fsp3) is 0.455. The summed E-state index contributed by atoms with van der Waals surface area (Å²) in [6.45, 7) is 2.29. The van der Waals surface area contributed by atoms with E-state index in [9.17, 15) is 4.39 Å². The lowest BCUT2D eigenvalue weighted by molar-refractivity contribution is 0.610. The summed E-state index contributed by atoms with van der Waals surface area (Å²) in [4.78, 5) is 0. The second kappa shape index (κ2) is 6.77. The molecule has 1 aromatic rings. The largest absolute Gasteiger partial charge is 0.330 e. The van der Waals surface area contributed by atoms with E-state index < -0.39 is 0 Å². The van der Waals surface area contributed by atoms with Crippen LogP contribution in [0, 0.1) is 5.82 Å². The Bertz CT molecular complexity index is 305. The third kappa shape index (κ3) is 4.60. The Hall–Kier alpha value is -0.640. The maximum absolute atomic E-state index is 13.0. The molecule has 0 atom stereocenters. The third-order valence-corrected chi connectivity index (χ3v) is 2.43. The highest BCUT2D eigenvalue weighted by molar-refractivity contribution is 6.30. The van der Waals surface area contributed by atoms with E-state index in [-0.39, 0.29) is 10.8 Å². The smallest absolute Gasteiger partial charge is 0.142 e. The zero-order chi connectivity index (χ0) is 11.1. The molecule has 0 heterocycles. The number of nitrogens with one attached hydrogen (secondary N) is 1. The fourth-order valence-corrected chi connectivity index (χ4v) is 1.39. The minimum absolute atomic E-state index is 0.168. The van der Waals surface area contributed by atoms with Gasteiger partial charge in [0.05, 0.1) is 5.02 Å². The molecule has 3 N–H and O–H groups in total. The average molecular weight is 231 g/mol. The number of hydrogen-bond acceptors (Lipinski definition) is 2. The minimum Gasteiger partial charge on any atom is -0.330 e. The van der Waals surface area contributed by atoms with Crippen LogP contribution in [0.2, 0.25) is 5.02 Å². The molecular formula is C11H16ClFN2. The Labute approximate surface area is 94.6 Å². The zero-order valence-electron chi connectivity index (χ0n) is 8.60. The van der Waals surface area contributed by atoms with Crippen LogP contribution in [0.15, 0.2) is 18.2 Å². The van der Waals surface area contributed by atoms with Crippen LogP contribution in [-0.2, 0) is 6.54 Å². The van der Waals surface area contributed by atoms with Crippen LogP contribution in [-0.4, -0.2) is 13.1 Å². The van der Waals surface area contributed by atoms with Gasteiger partial charge in [0.1, 0.15) is 5.82 Å². The lowest BCUT2D eigenvalue weighted by Crippen LogP contribution is -2.15. The topological polar surface area (TPSA) is 38.0 Å². The summed E-state index contributed by atoms with van der Waals surface area (Å²) in [5, 5.41) is 3.39. The highest BCUT2D eigenvalue weighted by atomic mass is 35.5. The van der Waals surface area contributed by atoms with Crippen LogP contribution in [0.25, 0.3) is 0 Å². The van der Waals surface area contributed by atoms with Gasteiger partial charge in [0, 0.05) is 6.54 Å². The zero-order valence-corrected chi connectivity index (χ0v) is 9.36. The first-order valence-electron chi connectivity index (χ1n) is 5.08. The van der Waals surface area contributed by atoms with Crippen molar-refractivity contribution in [3.63, 3.8) is 0 Å². The lowest BCUT2D eigenvalue weighted by Gasteiger charge is -2.05. The molecule has 0 unspecified atom stereocenters. The molecule has 0 aliphatic heterocycles. The summed E-state index contributed by atoms with van der Waals surface area (Å²) in [6.07, 6.45) is 2.06. The van der Waals surface area contributed by atoms with Gasteiger partial charge >= 0.3 is 0 Å². The number of halogens is 2. The van der Waals surface area contributed by atoms with Crippen molar-refractivity contribution < 1.29 is 4.39 Å². The molecule has 15 heavy (non-hydrogen) atoms. The van der Waals surface area contributed by atoms with Gasteiger partial charge in [-0.25, -0.2) is 4.39 Å². The Morgan fingerprint density at radius 2 is 2.13 bits per heavy atom. The van der Waals surface area contributed by atoms with Crippen LogP contribution in [0.4, 0.5) is 4.39 Å². The van der Waals surface area contributed by atoms with E-state index in [0.29, 0.717) is 6.54 Å². The van der Waals surface area contributed by atoms with Gasteiger partial charge in [0.15, 0.2) is 0 Å². The maximum atomic E-state index is 13.0. The summed E-state index contributed by atoms with van der Waals surface area (Å²) >= 11 is 5.57. The molecule has 0 bridgehead atoms. The Morgan fingerprint density at radius 1 is 1.33 bits per heavy atom. The van der Waals surface area contributed by atoms with Gasteiger partial charge in [-0.3, -0.25) is 0 Å². The Morgan fingerprint density at radius 3 is 2.80 bits per heavy atom. The molecular weight excluding hydrogens is 215 g/mol. The molecule has 0 fully saturated rings. The van der Waals surface area contributed by atoms with Crippen molar-refractivity contribution in [1.29, 1.82) is 0 Å². The number of rotatable bonds is 6. The normalized spacial score (nSPS) is 10.6. The number of nitrogens with two attached hydrogens (primary N) is 1. The van der Waals surface area contributed by atoms with Crippen molar-refractivity contribution in [2.24, 2.45) is 5.73 Å². The Kier molecular flexibility index (Phi) is 5.61. The first-order chi connectivity index (χ1) is 7.24. The first kappa shape index (κ1) is 12.4. The van der Waals surface area contributed by atoms with Gasteiger partial charge in [-0.2, -0.15) is 0 Å². The second-order valence-corrected chi connectivity index (χ2v) is 3.83. The van der Waals surface area contributed by atoms with Crippen LogP contribution in [0.1, 0.15) is 18.4 Å². The summed E-state index contributed by atoms with van der Waals surface area (Å²) in [5.41, 5.74) is 6.27. The number of unbranched alkanes of at least 4 members (excludes halogenated alkanes) is 1. The predicted octanol–water partition coefficient (Wildman–Crippen LogP) is 2.31. The SMILES string of the molecule is NCCCCNCc1ccc(Cl)c(F)c1. The molecule has 0 saturated carbocycles. The quantitative estimate of drug-likeness (QED) is 0.736. The highest BCUT2D eigenvalue weighted by Gasteiger charge is 2.00. The van der Waals surface area contributed by atoms with Crippen molar-refractivity contribution in [3.8, 4) is 0 Å². The fourth-order valence-electron chi connectivity index (χ4n) is 1.28. The second-order valence-electron chi connectivity index (χ2n) is 3.42.